The molecule has 0 aliphatic carbocycles. The van der Waals surface area contributed by atoms with Crippen LogP contribution in [0.1, 0.15) is 53.4 Å². The Morgan fingerprint density at radius 2 is 2.16 bits per heavy atom. The van der Waals surface area contributed by atoms with Crippen LogP contribution in [0.5, 0.6) is 0 Å². The molecule has 1 rings (SSSR count). The number of nitriles is 1. The molecule has 0 radical (unpaired) electrons. The highest BCUT2D eigenvalue weighted by Crippen LogP contribution is 2.48. The van der Waals surface area contributed by atoms with Gasteiger partial charge in [0, 0.05) is 12.0 Å². The number of esters is 1. The first-order chi connectivity index (χ1) is 8.90. The first kappa shape index (κ1) is 16.0. The number of rotatable bonds is 5. The van der Waals surface area contributed by atoms with E-state index in [0.29, 0.717) is 13.2 Å². The minimum absolute atomic E-state index is 0.283. The summed E-state index contributed by atoms with van der Waals surface area (Å²) in [5, 5.41) is 9.45. The summed E-state index contributed by atoms with van der Waals surface area (Å²) in [4.78, 5) is 12.1. The Morgan fingerprint density at radius 3 is 2.63 bits per heavy atom. The molecular formula is C15H25NO3. The predicted octanol–water partition coefficient (Wildman–Crippen LogP) is 3.06. The number of carbonyl (C=O) groups excluding carboxylic acids is 1. The Balaban J connectivity index is 3.03. The van der Waals surface area contributed by atoms with Gasteiger partial charge in [0.1, 0.15) is 5.92 Å². The number of hydrogen-bond acceptors (Lipinski definition) is 4. The molecule has 1 heterocycles. The van der Waals surface area contributed by atoms with Crippen molar-refractivity contribution in [2.24, 2.45) is 11.3 Å². The van der Waals surface area contributed by atoms with Crippen LogP contribution in [0.2, 0.25) is 0 Å². The Morgan fingerprint density at radius 1 is 1.47 bits per heavy atom. The molecule has 4 nitrogen and oxygen atoms in total. The van der Waals surface area contributed by atoms with Crippen molar-refractivity contribution in [3.05, 3.63) is 0 Å². The standard InChI is InChI=1S/C15H25NO3/c1-5-7-15(8-9-19-14(3,4)11-15)12(10-16)13(17)18-6-2/h12H,5-9,11H2,1-4H3. The second kappa shape index (κ2) is 6.38. The van der Waals surface area contributed by atoms with Gasteiger partial charge in [-0.3, -0.25) is 4.79 Å². The van der Waals surface area contributed by atoms with E-state index in [0.717, 1.165) is 25.7 Å². The lowest BCUT2D eigenvalue weighted by Crippen LogP contribution is -2.47. The number of ether oxygens (including phenoxy) is 2. The third-order valence-corrected chi connectivity index (χ3v) is 3.88. The van der Waals surface area contributed by atoms with Crippen LogP contribution in [0.4, 0.5) is 0 Å². The van der Waals surface area contributed by atoms with Gasteiger partial charge in [-0.05, 0) is 40.0 Å². The third-order valence-electron chi connectivity index (χ3n) is 3.88. The zero-order valence-electron chi connectivity index (χ0n) is 12.5. The second-order valence-corrected chi connectivity index (χ2v) is 5.96. The molecule has 0 aromatic carbocycles. The topological polar surface area (TPSA) is 59.3 Å². The van der Waals surface area contributed by atoms with Crippen LogP contribution in [0.3, 0.4) is 0 Å². The van der Waals surface area contributed by atoms with Crippen molar-refractivity contribution in [1.82, 2.24) is 0 Å². The van der Waals surface area contributed by atoms with Crippen molar-refractivity contribution in [3.63, 3.8) is 0 Å². The van der Waals surface area contributed by atoms with Gasteiger partial charge >= 0.3 is 5.97 Å². The van der Waals surface area contributed by atoms with Crippen LogP contribution < -0.4 is 0 Å². The summed E-state index contributed by atoms with van der Waals surface area (Å²) in [5.41, 5.74) is -0.591. The Bertz CT molecular complexity index is 355. The molecule has 2 atom stereocenters. The van der Waals surface area contributed by atoms with Crippen LogP contribution in [-0.4, -0.2) is 24.8 Å². The first-order valence-corrected chi connectivity index (χ1v) is 7.11. The lowest BCUT2D eigenvalue weighted by atomic mass is 9.64. The SMILES string of the molecule is CCCC1(C(C#N)C(=O)OCC)CCOC(C)(C)C1. The lowest BCUT2D eigenvalue weighted by Gasteiger charge is -2.46. The monoisotopic (exact) mass is 267 g/mol. The minimum atomic E-state index is -0.685. The Labute approximate surface area is 116 Å². The van der Waals surface area contributed by atoms with E-state index in [9.17, 15) is 10.1 Å². The summed E-state index contributed by atoms with van der Waals surface area (Å²) < 4.78 is 10.8. The third kappa shape index (κ3) is 3.70. The highest BCUT2D eigenvalue weighted by atomic mass is 16.5. The van der Waals surface area contributed by atoms with Gasteiger partial charge < -0.3 is 9.47 Å². The van der Waals surface area contributed by atoms with E-state index in [4.69, 9.17) is 9.47 Å². The van der Waals surface area contributed by atoms with Crippen molar-refractivity contribution >= 4 is 5.97 Å². The van der Waals surface area contributed by atoms with Gasteiger partial charge in [0.05, 0.1) is 18.3 Å². The normalized spacial score (nSPS) is 27.3. The lowest BCUT2D eigenvalue weighted by molar-refractivity contribution is -0.161. The smallest absolute Gasteiger partial charge is 0.323 e. The zero-order valence-corrected chi connectivity index (χ0v) is 12.5. The molecule has 0 spiro atoms. The van der Waals surface area contributed by atoms with Crippen molar-refractivity contribution in [1.29, 1.82) is 5.26 Å². The van der Waals surface area contributed by atoms with Gasteiger partial charge in [0.25, 0.3) is 0 Å². The van der Waals surface area contributed by atoms with E-state index in [1.807, 2.05) is 13.8 Å². The largest absolute Gasteiger partial charge is 0.465 e. The Hall–Kier alpha value is -1.08. The van der Waals surface area contributed by atoms with E-state index < -0.39 is 5.92 Å². The van der Waals surface area contributed by atoms with Crippen molar-refractivity contribution in [2.75, 3.05) is 13.2 Å². The van der Waals surface area contributed by atoms with Crippen LogP contribution >= 0.6 is 0 Å². The van der Waals surface area contributed by atoms with Gasteiger partial charge in [-0.1, -0.05) is 13.3 Å². The van der Waals surface area contributed by atoms with Gasteiger partial charge in [-0.2, -0.15) is 5.26 Å². The second-order valence-electron chi connectivity index (χ2n) is 5.96. The highest BCUT2D eigenvalue weighted by Gasteiger charge is 2.49. The summed E-state index contributed by atoms with van der Waals surface area (Å²) in [6, 6.07) is 2.19. The van der Waals surface area contributed by atoms with E-state index in [1.165, 1.54) is 0 Å². The number of hydrogen-bond donors (Lipinski definition) is 0. The molecule has 0 aromatic rings. The summed E-state index contributed by atoms with van der Waals surface area (Å²) in [6.45, 7) is 8.83. The van der Waals surface area contributed by atoms with E-state index in [2.05, 4.69) is 13.0 Å². The summed E-state index contributed by atoms with van der Waals surface area (Å²) in [5.74, 6) is -1.06. The molecule has 4 heteroatoms. The molecular weight excluding hydrogens is 242 g/mol. The number of carbonyl (C=O) groups is 1. The van der Waals surface area contributed by atoms with Gasteiger partial charge in [-0.25, -0.2) is 0 Å². The molecule has 0 N–H and O–H groups in total. The van der Waals surface area contributed by atoms with Crippen LogP contribution in [0.25, 0.3) is 0 Å². The maximum absolute atomic E-state index is 12.1. The molecule has 1 aliphatic heterocycles. The fourth-order valence-electron chi connectivity index (χ4n) is 3.29. The maximum Gasteiger partial charge on any atom is 0.323 e. The quantitative estimate of drug-likeness (QED) is 0.718. The number of nitrogens with zero attached hydrogens (tertiary/aromatic N) is 1. The molecule has 1 aliphatic rings. The summed E-state index contributed by atoms with van der Waals surface area (Å²) in [6.07, 6.45) is 3.29. The van der Waals surface area contributed by atoms with Crippen LogP contribution in [-0.2, 0) is 14.3 Å². The van der Waals surface area contributed by atoms with Gasteiger partial charge in [-0.15, -0.1) is 0 Å². The van der Waals surface area contributed by atoms with E-state index in [1.54, 1.807) is 6.92 Å². The molecule has 19 heavy (non-hydrogen) atoms. The molecule has 108 valence electrons. The molecule has 2 unspecified atom stereocenters. The highest BCUT2D eigenvalue weighted by molar-refractivity contribution is 5.76. The summed E-state index contributed by atoms with van der Waals surface area (Å²) >= 11 is 0. The van der Waals surface area contributed by atoms with Gasteiger partial charge in [0.2, 0.25) is 0 Å². The molecule has 1 fully saturated rings. The van der Waals surface area contributed by atoms with E-state index in [-0.39, 0.29) is 17.0 Å². The Kier molecular flexibility index (Phi) is 5.37. The van der Waals surface area contributed by atoms with Crippen molar-refractivity contribution in [2.45, 2.75) is 59.0 Å². The fourth-order valence-corrected chi connectivity index (χ4v) is 3.29. The minimum Gasteiger partial charge on any atom is -0.465 e. The average Bonchev–Trinajstić information content (AvgIpc) is 2.28. The molecule has 0 saturated carbocycles. The summed E-state index contributed by atoms with van der Waals surface area (Å²) in [7, 11) is 0. The maximum atomic E-state index is 12.1. The fraction of sp³-hybridized carbons (Fsp3) is 0.867. The molecule has 0 aromatic heterocycles. The van der Waals surface area contributed by atoms with Crippen LogP contribution in [0.15, 0.2) is 0 Å². The zero-order chi connectivity index (χ0) is 14.5. The van der Waals surface area contributed by atoms with Crippen molar-refractivity contribution in [3.8, 4) is 6.07 Å². The first-order valence-electron chi connectivity index (χ1n) is 7.11. The molecule has 0 amide bonds. The predicted molar refractivity (Wildman–Crippen MR) is 72.3 cm³/mol. The van der Waals surface area contributed by atoms with Crippen LogP contribution in [0, 0.1) is 22.7 Å². The average molecular weight is 267 g/mol. The van der Waals surface area contributed by atoms with Crippen molar-refractivity contribution < 1.29 is 14.3 Å². The molecule has 1 saturated heterocycles. The van der Waals surface area contributed by atoms with Gasteiger partial charge in [0.15, 0.2) is 0 Å². The molecule has 0 bridgehead atoms. The van der Waals surface area contributed by atoms with E-state index >= 15 is 0 Å².